The van der Waals surface area contributed by atoms with Gasteiger partial charge < -0.3 is 28.7 Å². The van der Waals surface area contributed by atoms with E-state index < -0.39 is 0 Å². The molecule has 58 heavy (non-hydrogen) atoms. The molecule has 0 saturated carbocycles. The molecule has 0 radical (unpaired) electrons. The average molecular weight is 795 g/mol. The fourth-order valence-corrected chi connectivity index (χ4v) is 5.47. The Morgan fingerprint density at radius 1 is 0.448 bits per heavy atom. The van der Waals surface area contributed by atoms with Crippen molar-refractivity contribution in [2.24, 2.45) is 0 Å². The normalized spacial score (nSPS) is 17.9. The van der Waals surface area contributed by atoms with E-state index in [1.54, 1.807) is 9.80 Å². The van der Waals surface area contributed by atoms with E-state index in [0.717, 1.165) is 36.8 Å². The number of amides is 2. The van der Waals surface area contributed by atoms with E-state index in [1.165, 1.54) is 33.4 Å². The molecule has 2 amide bonds. The van der Waals surface area contributed by atoms with Crippen LogP contribution < -0.4 is 0 Å². The van der Waals surface area contributed by atoms with Gasteiger partial charge in [-0.3, -0.25) is 0 Å². The zero-order chi connectivity index (χ0) is 42.4. The molecule has 2 rings (SSSR count). The first-order valence-electron chi connectivity index (χ1n) is 20.6. The Hall–Kier alpha value is -4.92. The molecule has 2 saturated heterocycles. The lowest BCUT2D eigenvalue weighted by molar-refractivity contribution is 0.0294. The molecule has 0 aliphatic carbocycles. The number of ether oxygens (including phenoxy) is 4. The third-order valence-electron chi connectivity index (χ3n) is 9.19. The molecule has 8 nitrogen and oxygen atoms in total. The van der Waals surface area contributed by atoms with Crippen LogP contribution in [-0.2, 0) is 18.9 Å². The number of carbonyl (C=O) groups excluding carboxylic acids is 2. The van der Waals surface area contributed by atoms with Crippen molar-refractivity contribution >= 4 is 12.2 Å². The van der Waals surface area contributed by atoms with Crippen LogP contribution in [0.2, 0.25) is 0 Å². The second-order valence-corrected chi connectivity index (χ2v) is 15.0. The minimum Gasteiger partial charge on any atom is -0.445 e. The highest BCUT2D eigenvalue weighted by Gasteiger charge is 2.18. The van der Waals surface area contributed by atoms with Crippen LogP contribution in [-0.4, -0.2) is 87.8 Å². The zero-order valence-electron chi connectivity index (χ0n) is 36.6. The molecule has 2 heterocycles. The molecular weight excluding hydrogens is 725 g/mol. The van der Waals surface area contributed by atoms with Crippen LogP contribution in [0.25, 0.3) is 0 Å². The van der Waals surface area contributed by atoms with E-state index in [1.807, 2.05) is 13.8 Å². The Bertz CT molecular complexity index is 1570. The molecule has 0 aromatic carbocycles. The van der Waals surface area contributed by atoms with E-state index in [9.17, 15) is 9.59 Å². The fraction of sp³-hybridized carbons (Fsp3) is 0.440. The summed E-state index contributed by atoms with van der Waals surface area (Å²) in [6.45, 7) is 22.0. The standard InChI is InChI=1S/C50H70N2O6/c1-41(19-11-21-43(3)23-13-25-45(5)27-15-29-47(7)39-57-49(53)51-31-35-55-36-32-51)17-9-10-18-42(2)20-12-22-44(4)24-14-26-46(6)28-16-30-48(8)40-58-50(54)52-33-37-56-38-34-52/h9-14,17-26,29-30H,15-16,27-28,31-40H2,1-8H3/b10-9+,19-11+,20-12+,23-13+,24-14+,41-17+,42-18+,43-21+,44-22+,45-25+,46-26+,47-29+,48-30+. The summed E-state index contributed by atoms with van der Waals surface area (Å²) < 4.78 is 21.4. The quantitative estimate of drug-likeness (QED) is 0.0902. The van der Waals surface area contributed by atoms with E-state index in [-0.39, 0.29) is 12.2 Å². The van der Waals surface area contributed by atoms with Crippen molar-refractivity contribution in [3.8, 4) is 0 Å². The summed E-state index contributed by atoms with van der Waals surface area (Å²) in [6.07, 6.45) is 41.2. The maximum atomic E-state index is 12.1. The Balaban J connectivity index is 1.67. The van der Waals surface area contributed by atoms with Crippen molar-refractivity contribution in [3.63, 3.8) is 0 Å². The molecule has 0 aromatic rings. The molecule has 2 aliphatic heterocycles. The molecule has 0 atom stereocenters. The Kier molecular flexibility index (Phi) is 25.6. The first-order chi connectivity index (χ1) is 27.9. The van der Waals surface area contributed by atoms with Crippen molar-refractivity contribution in [2.75, 3.05) is 65.8 Å². The highest BCUT2D eigenvalue weighted by atomic mass is 16.6. The van der Waals surface area contributed by atoms with Crippen LogP contribution in [0.3, 0.4) is 0 Å². The van der Waals surface area contributed by atoms with E-state index in [4.69, 9.17) is 18.9 Å². The Morgan fingerprint density at radius 2 is 0.759 bits per heavy atom. The number of nitrogens with zero attached hydrogens (tertiary/aromatic N) is 2. The van der Waals surface area contributed by atoms with Gasteiger partial charge in [-0.1, -0.05) is 143 Å². The first kappa shape index (κ1) is 49.2. The second kappa shape index (κ2) is 30.2. The van der Waals surface area contributed by atoms with Crippen LogP contribution in [0.15, 0.2) is 154 Å². The highest BCUT2D eigenvalue weighted by Crippen LogP contribution is 2.11. The molecule has 2 aliphatic rings. The van der Waals surface area contributed by atoms with Gasteiger partial charge in [0.15, 0.2) is 0 Å². The highest BCUT2D eigenvalue weighted by molar-refractivity contribution is 5.68. The predicted molar refractivity (Wildman–Crippen MR) is 242 cm³/mol. The van der Waals surface area contributed by atoms with Crippen LogP contribution in [0.5, 0.6) is 0 Å². The summed E-state index contributed by atoms with van der Waals surface area (Å²) in [5.41, 5.74) is 9.42. The van der Waals surface area contributed by atoms with Crippen molar-refractivity contribution in [1.29, 1.82) is 0 Å². The van der Waals surface area contributed by atoms with Crippen molar-refractivity contribution in [1.82, 2.24) is 9.80 Å². The molecule has 0 spiro atoms. The van der Waals surface area contributed by atoms with Gasteiger partial charge in [0, 0.05) is 26.2 Å². The molecule has 8 heteroatoms. The number of hydrogen-bond acceptors (Lipinski definition) is 6. The largest absolute Gasteiger partial charge is 0.445 e. The molecule has 0 unspecified atom stereocenters. The van der Waals surface area contributed by atoms with Crippen LogP contribution in [0, 0.1) is 0 Å². The summed E-state index contributed by atoms with van der Waals surface area (Å²) in [5, 5.41) is 0. The molecule has 316 valence electrons. The lowest BCUT2D eigenvalue weighted by Gasteiger charge is -2.26. The summed E-state index contributed by atoms with van der Waals surface area (Å²) in [6, 6.07) is 0. The fourth-order valence-electron chi connectivity index (χ4n) is 5.47. The van der Waals surface area contributed by atoms with Crippen LogP contribution >= 0.6 is 0 Å². The maximum Gasteiger partial charge on any atom is 0.410 e. The van der Waals surface area contributed by atoms with Crippen molar-refractivity contribution < 1.29 is 28.5 Å². The van der Waals surface area contributed by atoms with Gasteiger partial charge in [0.2, 0.25) is 0 Å². The van der Waals surface area contributed by atoms with E-state index in [2.05, 4.69) is 151 Å². The molecule has 0 N–H and O–H groups in total. The minimum atomic E-state index is -0.262. The van der Waals surface area contributed by atoms with Gasteiger partial charge in [0.1, 0.15) is 13.2 Å². The third-order valence-corrected chi connectivity index (χ3v) is 9.19. The van der Waals surface area contributed by atoms with Crippen LogP contribution in [0.4, 0.5) is 9.59 Å². The van der Waals surface area contributed by atoms with Gasteiger partial charge in [0.05, 0.1) is 26.4 Å². The number of allylic oxidation sites excluding steroid dienone is 24. The molecule has 0 bridgehead atoms. The van der Waals surface area contributed by atoms with E-state index in [0.29, 0.717) is 65.8 Å². The average Bonchev–Trinajstić information content (AvgIpc) is 3.21. The Morgan fingerprint density at radius 3 is 1.10 bits per heavy atom. The maximum absolute atomic E-state index is 12.1. The number of carbonyl (C=O) groups is 2. The molecule has 0 aromatic heterocycles. The van der Waals surface area contributed by atoms with Gasteiger partial charge in [-0.05, 0) is 92.2 Å². The van der Waals surface area contributed by atoms with Gasteiger partial charge in [0.25, 0.3) is 0 Å². The first-order valence-corrected chi connectivity index (χ1v) is 20.6. The smallest absolute Gasteiger partial charge is 0.410 e. The van der Waals surface area contributed by atoms with E-state index >= 15 is 0 Å². The van der Waals surface area contributed by atoms with Gasteiger partial charge >= 0.3 is 12.2 Å². The number of hydrogen-bond donors (Lipinski definition) is 0. The zero-order valence-corrected chi connectivity index (χ0v) is 36.6. The minimum absolute atomic E-state index is 0.262. The second-order valence-electron chi connectivity index (χ2n) is 15.0. The van der Waals surface area contributed by atoms with Crippen molar-refractivity contribution in [2.45, 2.75) is 81.1 Å². The monoisotopic (exact) mass is 795 g/mol. The van der Waals surface area contributed by atoms with Gasteiger partial charge in [-0.25, -0.2) is 9.59 Å². The third kappa shape index (κ3) is 24.7. The Labute approximate surface area is 350 Å². The van der Waals surface area contributed by atoms with Crippen LogP contribution in [0.1, 0.15) is 81.1 Å². The summed E-state index contributed by atoms with van der Waals surface area (Å²) in [7, 11) is 0. The lowest BCUT2D eigenvalue weighted by atomic mass is 10.1. The molecule has 2 fully saturated rings. The van der Waals surface area contributed by atoms with Crippen molar-refractivity contribution in [3.05, 3.63) is 154 Å². The number of morpholine rings is 2. The summed E-state index contributed by atoms with van der Waals surface area (Å²) in [4.78, 5) is 27.7. The molecular formula is C50H70N2O6. The predicted octanol–water partition coefficient (Wildman–Crippen LogP) is 11.8. The lowest BCUT2D eigenvalue weighted by Crippen LogP contribution is -2.41. The summed E-state index contributed by atoms with van der Waals surface area (Å²) >= 11 is 0. The topological polar surface area (TPSA) is 77.5 Å². The van der Waals surface area contributed by atoms with Gasteiger partial charge in [-0.15, -0.1) is 0 Å². The SMILES string of the molecule is CC(/C=C/C=C(C)/C=C/C=C(\C)CC/C=C(\C)COC(=O)N1CCOCC1)=C\C=C\C=C(C)\C=C\C=C(C)\C=C\C=C(/C)CC/C=C(\C)COC(=O)N1CCOCC1. The number of rotatable bonds is 20. The van der Waals surface area contributed by atoms with Gasteiger partial charge in [-0.2, -0.15) is 0 Å². The summed E-state index contributed by atoms with van der Waals surface area (Å²) in [5.74, 6) is 0.